The largest absolute Gasteiger partial charge is 0.497 e. The highest BCUT2D eigenvalue weighted by molar-refractivity contribution is 7.89. The van der Waals surface area contributed by atoms with E-state index < -0.39 is 20.8 Å². The highest BCUT2D eigenvalue weighted by Crippen LogP contribution is 2.30. The molecular formula is C26H31ClN4O6S. The number of rotatable bonds is 9. The summed E-state index contributed by atoms with van der Waals surface area (Å²) in [4.78, 5) is 15.6. The molecule has 12 heteroatoms. The molecule has 204 valence electrons. The molecule has 0 atom stereocenters. The number of ether oxygens (including phenoxy) is 3. The van der Waals surface area contributed by atoms with Gasteiger partial charge in [-0.15, -0.1) is 0 Å². The molecule has 0 radical (unpaired) electrons. The Morgan fingerprint density at radius 2 is 1.76 bits per heavy atom. The van der Waals surface area contributed by atoms with Crippen LogP contribution in [0, 0.1) is 0 Å². The average Bonchev–Trinajstić information content (AvgIpc) is 2.92. The molecule has 4 rings (SSSR count). The Kier molecular flexibility index (Phi) is 8.49. The second-order valence-electron chi connectivity index (χ2n) is 9.00. The molecule has 2 heterocycles. The Hall–Kier alpha value is -3.28. The number of methoxy groups -OCH3 is 2. The standard InChI is InChI=1S/C26H31ClN4O6S/c1-18(2)38(33,34)30-12-10-29(11-13-30)23-16-28-31(21-7-5-6-20(27)15-21)26(32)25(23)37-17-19-14-22(35-3)8-9-24(19)36-4/h5-9,14-16,18H,10-13,17H2,1-4H3. The molecule has 0 spiro atoms. The van der Waals surface area contributed by atoms with E-state index in [1.807, 2.05) is 4.90 Å². The van der Waals surface area contributed by atoms with Gasteiger partial charge in [0.05, 0.1) is 31.4 Å². The minimum absolute atomic E-state index is 0.0316. The third-order valence-corrected chi connectivity index (χ3v) is 8.87. The molecule has 1 aliphatic rings. The van der Waals surface area contributed by atoms with Crippen LogP contribution in [0.15, 0.2) is 53.5 Å². The third kappa shape index (κ3) is 5.74. The minimum atomic E-state index is -3.38. The van der Waals surface area contributed by atoms with E-state index in [-0.39, 0.29) is 12.4 Å². The molecule has 0 saturated carbocycles. The second kappa shape index (κ2) is 11.6. The predicted molar refractivity (Wildman–Crippen MR) is 147 cm³/mol. The van der Waals surface area contributed by atoms with Crippen molar-refractivity contribution in [3.63, 3.8) is 0 Å². The van der Waals surface area contributed by atoms with E-state index >= 15 is 0 Å². The number of hydrogen-bond donors (Lipinski definition) is 0. The first-order valence-electron chi connectivity index (χ1n) is 12.1. The van der Waals surface area contributed by atoms with Crippen LogP contribution in [0.25, 0.3) is 5.69 Å². The maximum Gasteiger partial charge on any atom is 0.316 e. The molecule has 1 fully saturated rings. The summed E-state index contributed by atoms with van der Waals surface area (Å²) in [5, 5.41) is 4.34. The van der Waals surface area contributed by atoms with Gasteiger partial charge < -0.3 is 19.1 Å². The van der Waals surface area contributed by atoms with Gasteiger partial charge in [-0.25, -0.2) is 8.42 Å². The lowest BCUT2D eigenvalue weighted by atomic mass is 10.2. The zero-order chi connectivity index (χ0) is 27.4. The van der Waals surface area contributed by atoms with Gasteiger partial charge >= 0.3 is 5.56 Å². The molecule has 1 aromatic heterocycles. The van der Waals surface area contributed by atoms with E-state index in [9.17, 15) is 13.2 Å². The van der Waals surface area contributed by atoms with Crippen LogP contribution in [0.4, 0.5) is 5.69 Å². The van der Waals surface area contributed by atoms with E-state index in [0.29, 0.717) is 59.6 Å². The number of sulfonamides is 1. The van der Waals surface area contributed by atoms with Crippen molar-refractivity contribution in [1.82, 2.24) is 14.1 Å². The van der Waals surface area contributed by atoms with E-state index in [1.54, 1.807) is 76.7 Å². The van der Waals surface area contributed by atoms with Crippen molar-refractivity contribution in [2.45, 2.75) is 25.7 Å². The molecule has 1 aliphatic heterocycles. The van der Waals surface area contributed by atoms with Crippen LogP contribution in [-0.2, 0) is 16.6 Å². The monoisotopic (exact) mass is 562 g/mol. The lowest BCUT2D eigenvalue weighted by Crippen LogP contribution is -2.50. The number of nitrogens with zero attached hydrogens (tertiary/aromatic N) is 4. The lowest BCUT2D eigenvalue weighted by molar-refractivity contribution is 0.288. The van der Waals surface area contributed by atoms with Gasteiger partial charge in [0.2, 0.25) is 15.8 Å². The highest BCUT2D eigenvalue weighted by atomic mass is 35.5. The van der Waals surface area contributed by atoms with Gasteiger partial charge in [0.1, 0.15) is 23.8 Å². The van der Waals surface area contributed by atoms with Crippen molar-refractivity contribution in [2.24, 2.45) is 0 Å². The van der Waals surface area contributed by atoms with Crippen LogP contribution < -0.4 is 24.7 Å². The Morgan fingerprint density at radius 3 is 2.39 bits per heavy atom. The maximum absolute atomic E-state index is 13.7. The molecule has 1 saturated heterocycles. The molecule has 38 heavy (non-hydrogen) atoms. The first-order chi connectivity index (χ1) is 18.1. The summed E-state index contributed by atoms with van der Waals surface area (Å²) in [5.41, 5.74) is 1.20. The van der Waals surface area contributed by atoms with Crippen LogP contribution in [0.3, 0.4) is 0 Å². The van der Waals surface area contributed by atoms with E-state index in [2.05, 4.69) is 5.10 Å². The van der Waals surface area contributed by atoms with Crippen molar-refractivity contribution in [2.75, 3.05) is 45.3 Å². The van der Waals surface area contributed by atoms with E-state index in [1.165, 1.54) is 8.99 Å². The van der Waals surface area contributed by atoms with Crippen LogP contribution in [0.1, 0.15) is 19.4 Å². The summed E-state index contributed by atoms with van der Waals surface area (Å²) in [6.45, 7) is 4.71. The zero-order valence-electron chi connectivity index (χ0n) is 21.8. The summed E-state index contributed by atoms with van der Waals surface area (Å²) in [6.07, 6.45) is 1.56. The van der Waals surface area contributed by atoms with E-state index in [0.717, 1.165) is 0 Å². The van der Waals surface area contributed by atoms with Gasteiger partial charge in [-0.05, 0) is 50.2 Å². The third-order valence-electron chi connectivity index (χ3n) is 6.36. The first-order valence-corrected chi connectivity index (χ1v) is 14.0. The summed E-state index contributed by atoms with van der Waals surface area (Å²) in [5.74, 6) is 1.30. The van der Waals surface area contributed by atoms with Crippen LogP contribution in [0.5, 0.6) is 17.2 Å². The first kappa shape index (κ1) is 27.7. The summed E-state index contributed by atoms with van der Waals surface area (Å²) in [6, 6.07) is 12.1. The molecular weight excluding hydrogens is 532 g/mol. The van der Waals surface area contributed by atoms with Crippen molar-refractivity contribution >= 4 is 27.3 Å². The molecule has 0 unspecified atom stereocenters. The smallest absolute Gasteiger partial charge is 0.316 e. The zero-order valence-corrected chi connectivity index (χ0v) is 23.3. The topological polar surface area (TPSA) is 103 Å². The Morgan fingerprint density at radius 1 is 1.03 bits per heavy atom. The summed E-state index contributed by atoms with van der Waals surface area (Å²) < 4.78 is 44.9. The fraction of sp³-hybridized carbons (Fsp3) is 0.385. The van der Waals surface area contributed by atoms with Gasteiger partial charge in [0.15, 0.2) is 0 Å². The highest BCUT2D eigenvalue weighted by Gasteiger charge is 2.31. The van der Waals surface area contributed by atoms with Gasteiger partial charge in [-0.3, -0.25) is 4.79 Å². The number of hydrogen-bond acceptors (Lipinski definition) is 8. The maximum atomic E-state index is 13.7. The van der Waals surface area contributed by atoms with Crippen molar-refractivity contribution in [1.29, 1.82) is 0 Å². The fourth-order valence-electron chi connectivity index (χ4n) is 4.21. The van der Waals surface area contributed by atoms with Gasteiger partial charge in [0, 0.05) is 36.8 Å². The minimum Gasteiger partial charge on any atom is -0.497 e. The van der Waals surface area contributed by atoms with Crippen LogP contribution in [0.2, 0.25) is 5.02 Å². The fourth-order valence-corrected chi connectivity index (χ4v) is 5.66. The lowest BCUT2D eigenvalue weighted by Gasteiger charge is -2.36. The number of piperazine rings is 1. The predicted octanol–water partition coefficient (Wildman–Crippen LogP) is 3.34. The second-order valence-corrected chi connectivity index (χ2v) is 11.9. The van der Waals surface area contributed by atoms with Crippen molar-refractivity contribution in [3.8, 4) is 22.9 Å². The van der Waals surface area contributed by atoms with Crippen molar-refractivity contribution < 1.29 is 22.6 Å². The normalized spacial score (nSPS) is 14.5. The van der Waals surface area contributed by atoms with E-state index in [4.69, 9.17) is 25.8 Å². The van der Waals surface area contributed by atoms with Crippen LogP contribution in [-0.4, -0.2) is 68.2 Å². The Bertz CT molecular complexity index is 1450. The molecule has 3 aromatic rings. The average molecular weight is 563 g/mol. The quantitative estimate of drug-likeness (QED) is 0.391. The molecule has 0 bridgehead atoms. The van der Waals surface area contributed by atoms with Gasteiger partial charge in [0.25, 0.3) is 0 Å². The molecule has 0 N–H and O–H groups in total. The Labute approximate surface area is 227 Å². The number of benzene rings is 2. The van der Waals surface area contributed by atoms with Gasteiger partial charge in [-0.1, -0.05) is 17.7 Å². The Balaban J connectivity index is 1.70. The molecule has 0 aliphatic carbocycles. The summed E-state index contributed by atoms with van der Waals surface area (Å²) >= 11 is 6.15. The number of anilines is 1. The number of halogens is 1. The molecule has 0 amide bonds. The SMILES string of the molecule is COc1ccc(OC)c(COc2c(N3CCN(S(=O)(=O)C(C)C)CC3)cnn(-c3cccc(Cl)c3)c2=O)c1. The molecule has 10 nitrogen and oxygen atoms in total. The van der Waals surface area contributed by atoms with Gasteiger partial charge in [-0.2, -0.15) is 14.1 Å². The van der Waals surface area contributed by atoms with Crippen LogP contribution >= 0.6 is 11.6 Å². The molecule has 2 aromatic carbocycles. The number of aromatic nitrogens is 2. The van der Waals surface area contributed by atoms with Crippen molar-refractivity contribution in [3.05, 3.63) is 69.6 Å². The summed E-state index contributed by atoms with van der Waals surface area (Å²) in [7, 11) is -0.254.